The average molecular weight is 278 g/mol. The molecule has 0 spiro atoms. The van der Waals surface area contributed by atoms with Gasteiger partial charge in [0, 0.05) is 44.4 Å². The molecule has 1 heterocycles. The maximum atomic E-state index is 5.65. The molecule has 0 saturated carbocycles. The molecule has 5 nitrogen and oxygen atoms in total. The molecular formula is C12H30N2O3Si. The molecule has 1 rings (SSSR count). The van der Waals surface area contributed by atoms with Gasteiger partial charge in [0.1, 0.15) is 0 Å². The zero-order valence-corrected chi connectivity index (χ0v) is 13.6. The van der Waals surface area contributed by atoms with E-state index in [0.29, 0.717) is 31.9 Å². The van der Waals surface area contributed by atoms with Crippen molar-refractivity contribution in [3.05, 3.63) is 0 Å². The molecule has 1 fully saturated rings. The Morgan fingerprint density at radius 3 is 1.72 bits per heavy atom. The molecule has 0 aromatic carbocycles. The smallest absolute Gasteiger partial charge is 0.376 e. The van der Waals surface area contributed by atoms with Crippen molar-refractivity contribution in [2.45, 2.75) is 46.7 Å². The predicted octanol–water partition coefficient (Wildman–Crippen LogP) is 0.755. The van der Waals surface area contributed by atoms with E-state index in [4.69, 9.17) is 19.0 Å². The van der Waals surface area contributed by atoms with E-state index in [1.165, 1.54) is 0 Å². The first kappa shape index (κ1) is 18.0. The van der Waals surface area contributed by atoms with Gasteiger partial charge in [-0.15, -0.1) is 0 Å². The molecule has 3 N–H and O–H groups in total. The Bertz CT molecular complexity index is 177. The molecule has 0 aromatic rings. The Kier molecular flexibility index (Phi) is 10.9. The van der Waals surface area contributed by atoms with Gasteiger partial charge in [-0.25, -0.2) is 0 Å². The molecule has 3 atom stereocenters. The van der Waals surface area contributed by atoms with Crippen LogP contribution in [0.25, 0.3) is 0 Å². The first-order chi connectivity index (χ1) is 8.56. The minimum Gasteiger partial charge on any atom is -0.376 e. The molecule has 1 aliphatic rings. The van der Waals surface area contributed by atoms with Crippen LogP contribution in [0.5, 0.6) is 0 Å². The topological polar surface area (TPSA) is 65.7 Å². The number of nitrogens with one attached hydrogen (secondary N) is 1. The van der Waals surface area contributed by atoms with Crippen LogP contribution in [0.3, 0.4) is 0 Å². The number of hydrogen-bond donors (Lipinski definition) is 2. The molecule has 0 amide bonds. The van der Waals surface area contributed by atoms with Crippen LogP contribution in [0.4, 0.5) is 0 Å². The van der Waals surface area contributed by atoms with Gasteiger partial charge in [0.05, 0.1) is 0 Å². The van der Waals surface area contributed by atoms with Crippen molar-refractivity contribution < 1.29 is 13.3 Å². The van der Waals surface area contributed by atoms with Crippen LogP contribution in [-0.4, -0.2) is 48.0 Å². The third-order valence-electron chi connectivity index (χ3n) is 2.90. The standard InChI is InChI=1S/C6H14N2.C6H16O3Si/c1-4(7)6-3-8-5(6)2;1-4-7-10(8-5-2)9-6-3/h4-6,8H,3,7H2,1-2H3;10H,4-6H2,1-3H3. The molecule has 0 radical (unpaired) electrons. The van der Waals surface area contributed by atoms with Gasteiger partial charge < -0.3 is 24.3 Å². The zero-order chi connectivity index (χ0) is 14.0. The third-order valence-corrected chi connectivity index (χ3v) is 4.72. The first-order valence-electron chi connectivity index (χ1n) is 6.90. The summed E-state index contributed by atoms with van der Waals surface area (Å²) in [6.45, 7) is 13.2. The van der Waals surface area contributed by atoms with Gasteiger partial charge in [-0.05, 0) is 34.6 Å². The zero-order valence-electron chi connectivity index (χ0n) is 12.4. The van der Waals surface area contributed by atoms with Gasteiger partial charge >= 0.3 is 9.53 Å². The lowest BCUT2D eigenvalue weighted by molar-refractivity contribution is 0.107. The number of hydrogen-bond acceptors (Lipinski definition) is 5. The maximum Gasteiger partial charge on any atom is 0.484 e. The molecule has 3 unspecified atom stereocenters. The maximum absolute atomic E-state index is 5.65. The van der Waals surface area contributed by atoms with E-state index in [0.717, 1.165) is 12.5 Å². The van der Waals surface area contributed by atoms with Crippen LogP contribution in [0.2, 0.25) is 0 Å². The van der Waals surface area contributed by atoms with E-state index < -0.39 is 9.53 Å². The van der Waals surface area contributed by atoms with Crippen molar-refractivity contribution >= 4 is 9.53 Å². The summed E-state index contributed by atoms with van der Waals surface area (Å²) >= 11 is 0. The van der Waals surface area contributed by atoms with Crippen LogP contribution < -0.4 is 11.1 Å². The summed E-state index contributed by atoms with van der Waals surface area (Å²) in [6.07, 6.45) is 0. The SMILES string of the molecule is CC(N)C1CNC1C.CCO[SiH](OCC)OCC. The summed E-state index contributed by atoms with van der Waals surface area (Å²) in [5, 5.41) is 3.26. The van der Waals surface area contributed by atoms with Gasteiger partial charge in [-0.3, -0.25) is 0 Å². The van der Waals surface area contributed by atoms with Gasteiger partial charge in [-0.1, -0.05) is 0 Å². The monoisotopic (exact) mass is 278 g/mol. The fourth-order valence-electron chi connectivity index (χ4n) is 1.68. The quantitative estimate of drug-likeness (QED) is 0.673. The lowest BCUT2D eigenvalue weighted by atomic mass is 9.87. The van der Waals surface area contributed by atoms with Crippen LogP contribution in [0.15, 0.2) is 0 Å². The second-order valence-corrected chi connectivity index (χ2v) is 5.95. The largest absolute Gasteiger partial charge is 0.484 e. The summed E-state index contributed by atoms with van der Waals surface area (Å²) in [7, 11) is -1.73. The third kappa shape index (κ3) is 7.45. The van der Waals surface area contributed by atoms with Crippen molar-refractivity contribution in [2.24, 2.45) is 11.7 Å². The second-order valence-electron chi connectivity index (χ2n) is 4.37. The highest BCUT2D eigenvalue weighted by molar-refractivity contribution is 6.36. The van der Waals surface area contributed by atoms with Crippen molar-refractivity contribution in [3.63, 3.8) is 0 Å². The van der Waals surface area contributed by atoms with Gasteiger partial charge in [0.15, 0.2) is 0 Å². The Balaban J connectivity index is 0.000000327. The van der Waals surface area contributed by atoms with E-state index in [9.17, 15) is 0 Å². The second kappa shape index (κ2) is 10.9. The Hall–Kier alpha value is 0.0169. The Morgan fingerprint density at radius 2 is 1.61 bits per heavy atom. The van der Waals surface area contributed by atoms with E-state index in [1.54, 1.807) is 0 Å². The molecule has 0 bridgehead atoms. The predicted molar refractivity (Wildman–Crippen MR) is 76.6 cm³/mol. The summed E-state index contributed by atoms with van der Waals surface area (Å²) < 4.78 is 15.7. The van der Waals surface area contributed by atoms with Crippen LogP contribution in [-0.2, 0) is 13.3 Å². The van der Waals surface area contributed by atoms with E-state index >= 15 is 0 Å². The Morgan fingerprint density at radius 1 is 1.17 bits per heavy atom. The molecule has 110 valence electrons. The van der Waals surface area contributed by atoms with E-state index in [1.807, 2.05) is 20.8 Å². The minimum atomic E-state index is -1.73. The fraction of sp³-hybridized carbons (Fsp3) is 1.00. The van der Waals surface area contributed by atoms with Gasteiger partial charge in [0.25, 0.3) is 0 Å². The molecule has 1 saturated heterocycles. The van der Waals surface area contributed by atoms with Crippen LogP contribution in [0.1, 0.15) is 34.6 Å². The van der Waals surface area contributed by atoms with Crippen LogP contribution >= 0.6 is 0 Å². The van der Waals surface area contributed by atoms with Crippen molar-refractivity contribution in [3.8, 4) is 0 Å². The fourth-order valence-corrected chi connectivity index (χ4v) is 2.79. The van der Waals surface area contributed by atoms with Gasteiger partial charge in [0.2, 0.25) is 0 Å². The van der Waals surface area contributed by atoms with Crippen LogP contribution in [0, 0.1) is 5.92 Å². The molecule has 6 heteroatoms. The lowest BCUT2D eigenvalue weighted by Gasteiger charge is -2.38. The molecule has 1 aliphatic heterocycles. The highest BCUT2D eigenvalue weighted by Crippen LogP contribution is 2.14. The summed E-state index contributed by atoms with van der Waals surface area (Å²) in [5.74, 6) is 0.718. The summed E-state index contributed by atoms with van der Waals surface area (Å²) in [6, 6.07) is 1.02. The van der Waals surface area contributed by atoms with Crippen molar-refractivity contribution in [2.75, 3.05) is 26.4 Å². The average Bonchev–Trinajstić information content (AvgIpc) is 2.28. The summed E-state index contributed by atoms with van der Waals surface area (Å²) in [5.41, 5.74) is 5.65. The van der Waals surface area contributed by atoms with Crippen molar-refractivity contribution in [1.82, 2.24) is 5.32 Å². The number of nitrogens with two attached hydrogens (primary N) is 1. The van der Waals surface area contributed by atoms with Crippen molar-refractivity contribution in [1.29, 1.82) is 0 Å². The molecule has 0 aliphatic carbocycles. The van der Waals surface area contributed by atoms with E-state index in [2.05, 4.69) is 19.2 Å². The van der Waals surface area contributed by atoms with E-state index in [-0.39, 0.29) is 0 Å². The molecule has 18 heavy (non-hydrogen) atoms. The Labute approximate surface area is 113 Å². The minimum absolute atomic E-state index is 0.367. The van der Waals surface area contributed by atoms with Gasteiger partial charge in [-0.2, -0.15) is 0 Å². The summed E-state index contributed by atoms with van der Waals surface area (Å²) in [4.78, 5) is 0. The lowest BCUT2D eigenvalue weighted by Crippen LogP contribution is -2.57. The normalized spacial score (nSPS) is 24.2. The number of rotatable bonds is 7. The molecular weight excluding hydrogens is 248 g/mol. The first-order valence-corrected chi connectivity index (χ1v) is 8.31. The highest BCUT2D eigenvalue weighted by atomic mass is 28.3. The highest BCUT2D eigenvalue weighted by Gasteiger charge is 2.28. The molecule has 0 aromatic heterocycles.